The molecule has 0 unspecified atom stereocenters. The molecule has 5 nitrogen and oxygen atoms in total. The maximum Gasteiger partial charge on any atom is 0.331 e. The van der Waals surface area contributed by atoms with Crippen LogP contribution in [-0.2, 0) is 9.53 Å². The molecule has 5 heteroatoms. The van der Waals surface area contributed by atoms with Gasteiger partial charge in [0.25, 0.3) is 0 Å². The maximum absolute atomic E-state index is 12.1. The predicted octanol–water partition coefficient (Wildman–Crippen LogP) is 1.01. The molecule has 1 aromatic carbocycles. The molecule has 1 aliphatic heterocycles. The fourth-order valence-electron chi connectivity index (χ4n) is 1.68. The van der Waals surface area contributed by atoms with E-state index >= 15 is 0 Å². The minimum atomic E-state index is -0.352. The molecule has 1 radical (unpaired) electrons. The molecule has 1 aliphatic rings. The van der Waals surface area contributed by atoms with Gasteiger partial charge in [0.15, 0.2) is 0 Å². The van der Waals surface area contributed by atoms with E-state index in [0.29, 0.717) is 32.0 Å². The van der Waals surface area contributed by atoms with Crippen molar-refractivity contribution in [3.63, 3.8) is 0 Å². The van der Waals surface area contributed by atoms with Crippen LogP contribution >= 0.6 is 0 Å². The predicted molar refractivity (Wildman–Crippen MR) is 62.4 cm³/mol. The van der Waals surface area contributed by atoms with Gasteiger partial charge in [0.2, 0.25) is 0 Å². The summed E-state index contributed by atoms with van der Waals surface area (Å²) in [5.74, 6) is 0. The van der Waals surface area contributed by atoms with E-state index in [1.165, 1.54) is 0 Å². The van der Waals surface area contributed by atoms with Crippen LogP contribution in [0.2, 0.25) is 0 Å². The number of nitrogens with zero attached hydrogens (tertiary/aromatic N) is 2. The van der Waals surface area contributed by atoms with Crippen LogP contribution in [0.15, 0.2) is 30.3 Å². The van der Waals surface area contributed by atoms with Gasteiger partial charge in [-0.25, -0.2) is 9.69 Å². The molecule has 2 rings (SSSR count). The van der Waals surface area contributed by atoms with E-state index in [2.05, 4.69) is 0 Å². The van der Waals surface area contributed by atoms with E-state index in [9.17, 15) is 9.59 Å². The molecule has 0 atom stereocenters. The van der Waals surface area contributed by atoms with E-state index in [1.807, 2.05) is 6.07 Å². The highest BCUT2D eigenvalue weighted by atomic mass is 16.5. The van der Waals surface area contributed by atoms with Gasteiger partial charge in [-0.15, -0.1) is 0 Å². The second kappa shape index (κ2) is 5.45. The minimum absolute atomic E-state index is 0.352. The zero-order valence-electron chi connectivity index (χ0n) is 9.33. The van der Waals surface area contributed by atoms with Crippen molar-refractivity contribution in [3.05, 3.63) is 30.3 Å². The third kappa shape index (κ3) is 2.62. The molecular formula is C12H13N2O3. The number of para-hydroxylation sites is 1. The minimum Gasteiger partial charge on any atom is -0.378 e. The Labute approximate surface area is 99.6 Å². The van der Waals surface area contributed by atoms with Crippen LogP contribution in [0.5, 0.6) is 0 Å². The molecule has 1 saturated heterocycles. The largest absolute Gasteiger partial charge is 0.378 e. The average Bonchev–Trinajstić information content (AvgIpc) is 2.42. The number of carbonyl (C=O) groups is 1. The first-order valence-electron chi connectivity index (χ1n) is 5.42. The van der Waals surface area contributed by atoms with E-state index in [0.717, 1.165) is 4.90 Å². The van der Waals surface area contributed by atoms with Crippen molar-refractivity contribution in [2.75, 3.05) is 31.2 Å². The summed E-state index contributed by atoms with van der Waals surface area (Å²) in [6, 6.07) is 8.41. The molecule has 1 heterocycles. The number of imide groups is 1. The van der Waals surface area contributed by atoms with Crippen LogP contribution in [0.25, 0.3) is 0 Å². The lowest BCUT2D eigenvalue weighted by molar-refractivity contribution is 0.0555. The van der Waals surface area contributed by atoms with Crippen LogP contribution in [0, 0.1) is 0 Å². The average molecular weight is 233 g/mol. The third-order valence-corrected chi connectivity index (χ3v) is 2.58. The number of hydrogen-bond donors (Lipinski definition) is 0. The van der Waals surface area contributed by atoms with Crippen molar-refractivity contribution in [2.24, 2.45) is 0 Å². The summed E-state index contributed by atoms with van der Waals surface area (Å²) >= 11 is 0. The van der Waals surface area contributed by atoms with Gasteiger partial charge in [0, 0.05) is 13.1 Å². The number of rotatable bonds is 2. The molecule has 0 saturated carbocycles. The van der Waals surface area contributed by atoms with Gasteiger partial charge < -0.3 is 9.64 Å². The Morgan fingerprint density at radius 2 is 1.88 bits per heavy atom. The Balaban J connectivity index is 2.12. The normalized spacial score (nSPS) is 15.4. The summed E-state index contributed by atoms with van der Waals surface area (Å²) in [5.41, 5.74) is 0.527. The van der Waals surface area contributed by atoms with E-state index < -0.39 is 0 Å². The number of hydrogen-bond acceptors (Lipinski definition) is 3. The van der Waals surface area contributed by atoms with Gasteiger partial charge in [-0.05, 0) is 12.1 Å². The second-order valence-electron chi connectivity index (χ2n) is 3.64. The second-order valence-corrected chi connectivity index (χ2v) is 3.64. The highest BCUT2D eigenvalue weighted by Gasteiger charge is 2.24. The number of benzene rings is 1. The number of morpholine rings is 1. The number of anilines is 1. The van der Waals surface area contributed by atoms with Crippen LogP contribution in [-0.4, -0.2) is 43.6 Å². The molecule has 17 heavy (non-hydrogen) atoms. The maximum atomic E-state index is 12.1. The molecule has 3 amide bonds. The van der Waals surface area contributed by atoms with Crippen molar-refractivity contribution in [3.8, 4) is 0 Å². The topological polar surface area (TPSA) is 49.9 Å². The summed E-state index contributed by atoms with van der Waals surface area (Å²) < 4.78 is 5.16. The van der Waals surface area contributed by atoms with Crippen molar-refractivity contribution in [1.82, 2.24) is 4.90 Å². The van der Waals surface area contributed by atoms with Crippen molar-refractivity contribution in [1.29, 1.82) is 0 Å². The van der Waals surface area contributed by atoms with Crippen molar-refractivity contribution >= 4 is 18.1 Å². The molecule has 0 aliphatic carbocycles. The Kier molecular flexibility index (Phi) is 3.72. The SMILES string of the molecule is O=[C]N(C(=O)N1CCOCC1)c1ccccc1. The summed E-state index contributed by atoms with van der Waals surface area (Å²) in [7, 11) is 0. The van der Waals surface area contributed by atoms with E-state index in [1.54, 1.807) is 35.6 Å². The summed E-state index contributed by atoms with van der Waals surface area (Å²) in [5, 5.41) is 0. The van der Waals surface area contributed by atoms with Gasteiger partial charge in [-0.2, -0.15) is 0 Å². The number of amides is 3. The molecule has 89 valence electrons. The molecule has 0 bridgehead atoms. The van der Waals surface area contributed by atoms with Gasteiger partial charge in [-0.1, -0.05) is 18.2 Å². The zero-order chi connectivity index (χ0) is 12.1. The smallest absolute Gasteiger partial charge is 0.331 e. The molecule has 1 aromatic rings. The number of urea groups is 1. The molecule has 0 spiro atoms. The lowest BCUT2D eigenvalue weighted by atomic mass is 10.3. The van der Waals surface area contributed by atoms with Gasteiger partial charge >= 0.3 is 12.4 Å². The Bertz CT molecular complexity index is 388. The fourth-order valence-corrected chi connectivity index (χ4v) is 1.68. The number of carbonyl (C=O) groups excluding carboxylic acids is 2. The Morgan fingerprint density at radius 3 is 2.47 bits per heavy atom. The quantitative estimate of drug-likeness (QED) is 0.716. The van der Waals surface area contributed by atoms with E-state index in [-0.39, 0.29) is 6.03 Å². The summed E-state index contributed by atoms with van der Waals surface area (Å²) in [6.45, 7) is 2.02. The highest BCUT2D eigenvalue weighted by Crippen LogP contribution is 2.14. The first kappa shape index (κ1) is 11.6. The molecule has 0 aromatic heterocycles. The van der Waals surface area contributed by atoms with E-state index in [4.69, 9.17) is 4.74 Å². The van der Waals surface area contributed by atoms with Crippen LogP contribution in [0.1, 0.15) is 0 Å². The standard InChI is InChI=1S/C12H13N2O3/c15-10-14(11-4-2-1-3-5-11)12(16)13-6-8-17-9-7-13/h1-5H,6-9H2. The Morgan fingerprint density at radius 1 is 1.24 bits per heavy atom. The summed E-state index contributed by atoms with van der Waals surface area (Å²) in [4.78, 5) is 25.6. The first-order chi connectivity index (χ1) is 8.33. The van der Waals surface area contributed by atoms with Gasteiger partial charge in [0.05, 0.1) is 18.9 Å². The lowest BCUT2D eigenvalue weighted by Gasteiger charge is -2.29. The number of ether oxygens (including phenoxy) is 1. The lowest BCUT2D eigenvalue weighted by Crippen LogP contribution is -2.47. The monoisotopic (exact) mass is 233 g/mol. The Hall–Kier alpha value is -1.88. The highest BCUT2D eigenvalue weighted by molar-refractivity contribution is 6.06. The molecule has 1 fully saturated rings. The fraction of sp³-hybridized carbons (Fsp3) is 0.333. The van der Waals surface area contributed by atoms with Crippen molar-refractivity contribution < 1.29 is 14.3 Å². The summed E-state index contributed by atoms with van der Waals surface area (Å²) in [6.07, 6.45) is 1.67. The first-order valence-corrected chi connectivity index (χ1v) is 5.42. The van der Waals surface area contributed by atoms with Crippen LogP contribution in [0.4, 0.5) is 10.5 Å². The van der Waals surface area contributed by atoms with Crippen molar-refractivity contribution in [2.45, 2.75) is 0 Å². The van der Waals surface area contributed by atoms with Crippen LogP contribution in [0.3, 0.4) is 0 Å². The molecule has 0 N–H and O–H groups in total. The van der Waals surface area contributed by atoms with Gasteiger partial charge in [0.1, 0.15) is 0 Å². The third-order valence-electron chi connectivity index (χ3n) is 2.58. The molecular weight excluding hydrogens is 220 g/mol. The van der Waals surface area contributed by atoms with Gasteiger partial charge in [-0.3, -0.25) is 4.79 Å². The van der Waals surface area contributed by atoms with Crippen LogP contribution < -0.4 is 4.90 Å². The zero-order valence-corrected chi connectivity index (χ0v) is 9.33.